The van der Waals surface area contributed by atoms with E-state index in [0.29, 0.717) is 28.3 Å². The molecule has 0 saturated carbocycles. The van der Waals surface area contributed by atoms with Crippen LogP contribution in [0.5, 0.6) is 5.75 Å². The Bertz CT molecular complexity index is 1100. The highest BCUT2D eigenvalue weighted by molar-refractivity contribution is 7.99. The van der Waals surface area contributed by atoms with E-state index in [2.05, 4.69) is 22.1 Å². The van der Waals surface area contributed by atoms with Crippen molar-refractivity contribution in [3.05, 3.63) is 76.6 Å². The molecule has 0 bridgehead atoms. The summed E-state index contributed by atoms with van der Waals surface area (Å²) in [4.78, 5) is 12.4. The number of thioether (sulfide) groups is 1. The van der Waals surface area contributed by atoms with Crippen LogP contribution in [0.2, 0.25) is 5.02 Å². The number of halogens is 1. The van der Waals surface area contributed by atoms with E-state index >= 15 is 0 Å². The lowest BCUT2D eigenvalue weighted by atomic mass is 10.1. The number of benzene rings is 2. The number of nitrogens with zero attached hydrogens (tertiary/aromatic N) is 3. The van der Waals surface area contributed by atoms with E-state index in [0.717, 1.165) is 22.4 Å². The van der Waals surface area contributed by atoms with Crippen LogP contribution in [0.1, 0.15) is 22.5 Å². The van der Waals surface area contributed by atoms with Crippen molar-refractivity contribution in [3.63, 3.8) is 0 Å². The van der Waals surface area contributed by atoms with Crippen LogP contribution >= 0.6 is 23.4 Å². The van der Waals surface area contributed by atoms with Crippen molar-refractivity contribution in [3.8, 4) is 5.75 Å². The first-order chi connectivity index (χ1) is 14.9. The zero-order valence-electron chi connectivity index (χ0n) is 17.8. The van der Waals surface area contributed by atoms with Crippen LogP contribution < -0.4 is 10.1 Å². The molecular weight excluding hydrogens is 432 g/mol. The normalized spacial score (nSPS) is 10.7. The molecule has 0 aliphatic rings. The number of aromatic nitrogens is 3. The third-order valence-electron chi connectivity index (χ3n) is 4.54. The van der Waals surface area contributed by atoms with E-state index in [1.54, 1.807) is 12.1 Å². The molecular formula is C23H25ClN4O2S. The minimum Gasteiger partial charge on any atom is -0.484 e. The molecule has 162 valence electrons. The fraction of sp³-hybridized carbons (Fsp3) is 0.261. The van der Waals surface area contributed by atoms with E-state index < -0.39 is 0 Å². The van der Waals surface area contributed by atoms with Crippen molar-refractivity contribution in [2.24, 2.45) is 0 Å². The summed E-state index contributed by atoms with van der Waals surface area (Å²) in [5.41, 5.74) is 4.05. The van der Waals surface area contributed by atoms with Crippen LogP contribution in [-0.4, -0.2) is 26.4 Å². The van der Waals surface area contributed by atoms with Crippen molar-refractivity contribution in [1.29, 1.82) is 0 Å². The van der Waals surface area contributed by atoms with Crippen molar-refractivity contribution in [2.75, 3.05) is 11.1 Å². The SMILES string of the molecule is C=CCn1c(COc2cc(C)ccc2Cl)nnc1SCC(=O)Nc1ccc(C)cc1C. The molecule has 0 aliphatic heterocycles. The second kappa shape index (κ2) is 10.5. The fourth-order valence-corrected chi connectivity index (χ4v) is 3.92. The number of anilines is 1. The molecule has 0 atom stereocenters. The van der Waals surface area contributed by atoms with Crippen LogP contribution in [0.15, 0.2) is 54.2 Å². The van der Waals surface area contributed by atoms with Crippen LogP contribution in [0.25, 0.3) is 0 Å². The highest BCUT2D eigenvalue weighted by atomic mass is 35.5. The van der Waals surface area contributed by atoms with Gasteiger partial charge in [-0.25, -0.2) is 0 Å². The van der Waals surface area contributed by atoms with Gasteiger partial charge in [-0.1, -0.05) is 53.2 Å². The standard InChI is InChI=1S/C23H25ClN4O2S/c1-5-10-28-21(13-30-20-12-16(3)6-8-18(20)24)26-27-23(28)31-14-22(29)25-19-9-7-15(2)11-17(19)4/h5-9,11-12H,1,10,13-14H2,2-4H3,(H,25,29). The maximum Gasteiger partial charge on any atom is 0.234 e. The van der Waals surface area contributed by atoms with Gasteiger partial charge in [-0.2, -0.15) is 0 Å². The minimum absolute atomic E-state index is 0.102. The van der Waals surface area contributed by atoms with Gasteiger partial charge in [0.2, 0.25) is 5.91 Å². The number of rotatable bonds is 9. The van der Waals surface area contributed by atoms with Crippen LogP contribution in [-0.2, 0) is 17.9 Å². The summed E-state index contributed by atoms with van der Waals surface area (Å²) in [6.07, 6.45) is 1.76. The first-order valence-corrected chi connectivity index (χ1v) is 11.2. The molecule has 3 rings (SSSR count). The van der Waals surface area contributed by atoms with E-state index in [4.69, 9.17) is 16.3 Å². The lowest BCUT2D eigenvalue weighted by molar-refractivity contribution is -0.113. The number of carbonyl (C=O) groups is 1. The Hall–Kier alpha value is -2.77. The zero-order valence-corrected chi connectivity index (χ0v) is 19.4. The Kier molecular flexibility index (Phi) is 7.76. The van der Waals surface area contributed by atoms with Gasteiger partial charge < -0.3 is 10.1 Å². The summed E-state index contributed by atoms with van der Waals surface area (Å²) in [6, 6.07) is 11.5. The van der Waals surface area contributed by atoms with E-state index in [-0.39, 0.29) is 18.3 Å². The largest absolute Gasteiger partial charge is 0.484 e. The molecule has 0 fully saturated rings. The Balaban J connectivity index is 1.64. The van der Waals surface area contributed by atoms with Crippen molar-refractivity contribution in [2.45, 2.75) is 39.1 Å². The number of amides is 1. The lowest BCUT2D eigenvalue weighted by Gasteiger charge is -2.11. The molecule has 1 amide bonds. The molecule has 1 heterocycles. The summed E-state index contributed by atoms with van der Waals surface area (Å²) < 4.78 is 7.73. The summed E-state index contributed by atoms with van der Waals surface area (Å²) in [5, 5.41) is 12.6. The number of hydrogen-bond donors (Lipinski definition) is 1. The van der Waals surface area contributed by atoms with Gasteiger partial charge in [0, 0.05) is 12.2 Å². The van der Waals surface area contributed by atoms with Gasteiger partial charge in [-0.3, -0.25) is 9.36 Å². The fourth-order valence-electron chi connectivity index (χ4n) is 2.98. The quantitative estimate of drug-likeness (QED) is 0.347. The van der Waals surface area contributed by atoms with Gasteiger partial charge in [-0.15, -0.1) is 16.8 Å². The van der Waals surface area contributed by atoms with Crippen LogP contribution in [0.4, 0.5) is 5.69 Å². The number of nitrogens with one attached hydrogen (secondary N) is 1. The van der Waals surface area contributed by atoms with Gasteiger partial charge in [-0.05, 0) is 50.1 Å². The molecule has 0 radical (unpaired) electrons. The molecule has 6 nitrogen and oxygen atoms in total. The third kappa shape index (κ3) is 6.12. The molecule has 0 spiro atoms. The zero-order chi connectivity index (χ0) is 22.4. The topological polar surface area (TPSA) is 69.0 Å². The van der Waals surface area contributed by atoms with Crippen LogP contribution in [0.3, 0.4) is 0 Å². The van der Waals surface area contributed by atoms with Gasteiger partial charge in [0.25, 0.3) is 0 Å². The number of ether oxygens (including phenoxy) is 1. The average Bonchev–Trinajstić information content (AvgIpc) is 3.11. The predicted octanol–water partition coefficient (Wildman–Crippen LogP) is 5.35. The minimum atomic E-state index is -0.102. The van der Waals surface area contributed by atoms with Gasteiger partial charge >= 0.3 is 0 Å². The Morgan fingerprint density at radius 2 is 1.94 bits per heavy atom. The molecule has 2 aromatic carbocycles. The number of aryl methyl sites for hydroxylation is 3. The summed E-state index contributed by atoms with van der Waals surface area (Å²) >= 11 is 7.53. The first-order valence-electron chi connectivity index (χ1n) is 9.79. The number of hydrogen-bond acceptors (Lipinski definition) is 5. The smallest absolute Gasteiger partial charge is 0.234 e. The summed E-state index contributed by atoms with van der Waals surface area (Å²) in [6.45, 7) is 10.5. The van der Waals surface area contributed by atoms with E-state index in [1.165, 1.54) is 11.8 Å². The Morgan fingerprint density at radius 3 is 2.68 bits per heavy atom. The number of allylic oxidation sites excluding steroid dienone is 1. The maximum absolute atomic E-state index is 12.4. The van der Waals surface area contributed by atoms with E-state index in [9.17, 15) is 4.79 Å². The molecule has 0 saturated heterocycles. The lowest BCUT2D eigenvalue weighted by Crippen LogP contribution is -2.15. The number of carbonyl (C=O) groups excluding carboxylic acids is 1. The Labute approximate surface area is 191 Å². The van der Waals surface area contributed by atoms with Gasteiger partial charge in [0.15, 0.2) is 11.0 Å². The summed E-state index contributed by atoms with van der Waals surface area (Å²) in [7, 11) is 0. The van der Waals surface area contributed by atoms with Crippen LogP contribution in [0, 0.1) is 20.8 Å². The monoisotopic (exact) mass is 456 g/mol. The molecule has 3 aromatic rings. The summed E-state index contributed by atoms with van der Waals surface area (Å²) in [5.74, 6) is 1.34. The molecule has 0 unspecified atom stereocenters. The molecule has 1 N–H and O–H groups in total. The molecule has 0 aliphatic carbocycles. The van der Waals surface area contributed by atoms with Crippen molar-refractivity contribution < 1.29 is 9.53 Å². The third-order valence-corrected chi connectivity index (χ3v) is 5.82. The predicted molar refractivity (Wildman–Crippen MR) is 126 cm³/mol. The van der Waals surface area contributed by atoms with E-state index in [1.807, 2.05) is 55.7 Å². The van der Waals surface area contributed by atoms with Crippen molar-refractivity contribution in [1.82, 2.24) is 14.8 Å². The molecule has 8 heteroatoms. The van der Waals surface area contributed by atoms with Gasteiger partial charge in [0.05, 0.1) is 10.8 Å². The molecule has 31 heavy (non-hydrogen) atoms. The van der Waals surface area contributed by atoms with Gasteiger partial charge in [0.1, 0.15) is 12.4 Å². The second-order valence-electron chi connectivity index (χ2n) is 7.18. The second-order valence-corrected chi connectivity index (χ2v) is 8.53. The van der Waals surface area contributed by atoms with Crippen molar-refractivity contribution >= 4 is 35.0 Å². The molecule has 1 aromatic heterocycles. The highest BCUT2D eigenvalue weighted by Gasteiger charge is 2.15. The maximum atomic E-state index is 12.4. The highest BCUT2D eigenvalue weighted by Crippen LogP contribution is 2.26. The average molecular weight is 457 g/mol. The Morgan fingerprint density at radius 1 is 1.19 bits per heavy atom. The first kappa shape index (κ1) is 22.9.